The van der Waals surface area contributed by atoms with Gasteiger partial charge in [-0.3, -0.25) is 4.98 Å². The minimum Gasteiger partial charge on any atom is -0.253 e. The van der Waals surface area contributed by atoms with Crippen molar-refractivity contribution in [2.45, 2.75) is 71.6 Å². The van der Waals surface area contributed by atoms with Gasteiger partial charge in [-0.05, 0) is 43.4 Å². The van der Waals surface area contributed by atoms with Gasteiger partial charge in [0.15, 0.2) is 0 Å². The molecule has 0 unspecified atom stereocenters. The van der Waals surface area contributed by atoms with E-state index in [2.05, 4.69) is 44.2 Å². The maximum Gasteiger partial charge on any atom is 0.0705 e. The van der Waals surface area contributed by atoms with Crippen LogP contribution in [-0.2, 0) is 12.8 Å². The second-order valence-electron chi connectivity index (χ2n) is 6.05. The lowest BCUT2D eigenvalue weighted by Gasteiger charge is -2.11. The summed E-state index contributed by atoms with van der Waals surface area (Å²) in [6.45, 7) is 4.54. The van der Waals surface area contributed by atoms with E-state index in [0.717, 1.165) is 11.9 Å². The van der Waals surface area contributed by atoms with Crippen LogP contribution in [0.4, 0.5) is 0 Å². The van der Waals surface area contributed by atoms with E-state index in [1.807, 2.05) is 0 Å². The van der Waals surface area contributed by atoms with Crippen molar-refractivity contribution in [3.05, 3.63) is 41.6 Å². The predicted octanol–water partition coefficient (Wildman–Crippen LogP) is 6.09. The number of unbranched alkanes of at least 4 members (excludes halogenated alkanes) is 5. The molecule has 0 N–H and O–H groups in total. The number of hydrogen-bond donors (Lipinski definition) is 0. The van der Waals surface area contributed by atoms with E-state index in [1.54, 1.807) is 0 Å². The van der Waals surface area contributed by atoms with Gasteiger partial charge in [0.05, 0.1) is 5.52 Å². The van der Waals surface area contributed by atoms with Crippen molar-refractivity contribution in [1.82, 2.24) is 4.98 Å². The van der Waals surface area contributed by atoms with E-state index >= 15 is 0 Å². The number of pyridine rings is 1. The summed E-state index contributed by atoms with van der Waals surface area (Å²) in [4.78, 5) is 4.95. The monoisotopic (exact) mass is 283 g/mol. The van der Waals surface area contributed by atoms with Gasteiger partial charge in [-0.2, -0.15) is 0 Å². The second-order valence-corrected chi connectivity index (χ2v) is 6.05. The minimum atomic E-state index is 1.15. The van der Waals surface area contributed by atoms with Crippen LogP contribution >= 0.6 is 0 Å². The molecule has 0 bridgehead atoms. The van der Waals surface area contributed by atoms with Gasteiger partial charge in [-0.1, -0.05) is 64.2 Å². The highest BCUT2D eigenvalue weighted by molar-refractivity contribution is 5.79. The maximum atomic E-state index is 4.95. The number of rotatable bonds is 9. The first-order valence-electron chi connectivity index (χ1n) is 8.72. The third-order valence-corrected chi connectivity index (χ3v) is 4.21. The molecule has 1 aromatic heterocycles. The molecule has 0 amide bonds. The van der Waals surface area contributed by atoms with Crippen molar-refractivity contribution in [1.29, 1.82) is 0 Å². The fourth-order valence-corrected chi connectivity index (χ4v) is 2.92. The number of fused-ring (bicyclic) bond motifs is 1. The van der Waals surface area contributed by atoms with Crippen molar-refractivity contribution in [3.63, 3.8) is 0 Å². The van der Waals surface area contributed by atoms with Gasteiger partial charge in [-0.25, -0.2) is 0 Å². The smallest absolute Gasteiger partial charge is 0.0705 e. The first-order valence-corrected chi connectivity index (χ1v) is 8.72. The molecule has 1 aromatic carbocycles. The van der Waals surface area contributed by atoms with Crippen molar-refractivity contribution in [3.8, 4) is 0 Å². The summed E-state index contributed by atoms with van der Waals surface area (Å²) < 4.78 is 0. The van der Waals surface area contributed by atoms with Crippen LogP contribution < -0.4 is 0 Å². The predicted molar refractivity (Wildman–Crippen MR) is 92.8 cm³/mol. The number of hydrogen-bond acceptors (Lipinski definition) is 1. The minimum absolute atomic E-state index is 1.15. The second kappa shape index (κ2) is 8.81. The van der Waals surface area contributed by atoms with Gasteiger partial charge in [0.1, 0.15) is 0 Å². The Morgan fingerprint density at radius 2 is 1.52 bits per heavy atom. The largest absolute Gasteiger partial charge is 0.253 e. The summed E-state index contributed by atoms with van der Waals surface area (Å²) in [7, 11) is 0. The quantitative estimate of drug-likeness (QED) is 0.507. The fourth-order valence-electron chi connectivity index (χ4n) is 2.92. The molecule has 1 heteroatoms. The SMILES string of the molecule is CCCCCCc1nc2ccccc2cc1CCCCC. The van der Waals surface area contributed by atoms with Gasteiger partial charge in [0, 0.05) is 11.1 Å². The Bertz CT molecular complexity index is 545. The lowest BCUT2D eigenvalue weighted by Crippen LogP contribution is -2.00. The fraction of sp³-hybridized carbons (Fsp3) is 0.550. The third-order valence-electron chi connectivity index (χ3n) is 4.21. The van der Waals surface area contributed by atoms with Gasteiger partial charge in [-0.15, -0.1) is 0 Å². The van der Waals surface area contributed by atoms with E-state index in [9.17, 15) is 0 Å². The molecule has 21 heavy (non-hydrogen) atoms. The van der Waals surface area contributed by atoms with Crippen LogP contribution in [0.25, 0.3) is 10.9 Å². The summed E-state index contributed by atoms with van der Waals surface area (Å²) in [6, 6.07) is 10.9. The van der Waals surface area contributed by atoms with E-state index in [-0.39, 0.29) is 0 Å². The average Bonchev–Trinajstić information content (AvgIpc) is 2.52. The topological polar surface area (TPSA) is 12.9 Å². The normalized spacial score (nSPS) is 11.1. The number of para-hydroxylation sites is 1. The highest BCUT2D eigenvalue weighted by atomic mass is 14.7. The molecule has 0 aliphatic carbocycles. The zero-order valence-electron chi connectivity index (χ0n) is 13.7. The van der Waals surface area contributed by atoms with Crippen LogP contribution in [-0.4, -0.2) is 4.98 Å². The number of nitrogens with zero attached hydrogens (tertiary/aromatic N) is 1. The molecular weight excluding hydrogens is 254 g/mol. The Morgan fingerprint density at radius 3 is 2.33 bits per heavy atom. The zero-order chi connectivity index (χ0) is 14.9. The van der Waals surface area contributed by atoms with Crippen LogP contribution in [0.2, 0.25) is 0 Å². The molecule has 0 atom stereocenters. The number of aromatic nitrogens is 1. The molecule has 2 rings (SSSR count). The first-order chi connectivity index (χ1) is 10.3. The van der Waals surface area contributed by atoms with E-state index in [4.69, 9.17) is 4.98 Å². The Hall–Kier alpha value is -1.37. The average molecular weight is 283 g/mol. The Kier molecular flexibility index (Phi) is 6.72. The van der Waals surface area contributed by atoms with Gasteiger partial charge >= 0.3 is 0 Å². The molecule has 0 radical (unpaired) electrons. The maximum absolute atomic E-state index is 4.95. The summed E-state index contributed by atoms with van der Waals surface area (Å²) in [5.41, 5.74) is 3.99. The highest BCUT2D eigenvalue weighted by Crippen LogP contribution is 2.20. The first kappa shape index (κ1) is 16.0. The Morgan fingerprint density at radius 1 is 0.810 bits per heavy atom. The van der Waals surface area contributed by atoms with Crippen molar-refractivity contribution in [2.24, 2.45) is 0 Å². The van der Waals surface area contributed by atoms with Crippen molar-refractivity contribution < 1.29 is 0 Å². The van der Waals surface area contributed by atoms with Crippen LogP contribution in [0, 0.1) is 0 Å². The Balaban J connectivity index is 2.14. The summed E-state index contributed by atoms with van der Waals surface area (Å²) in [5.74, 6) is 0. The van der Waals surface area contributed by atoms with Crippen LogP contribution in [0.1, 0.15) is 70.1 Å². The molecule has 0 fully saturated rings. The molecule has 0 saturated heterocycles. The molecule has 1 heterocycles. The van der Waals surface area contributed by atoms with Gasteiger partial charge in [0.2, 0.25) is 0 Å². The van der Waals surface area contributed by atoms with Gasteiger partial charge in [0.25, 0.3) is 0 Å². The standard InChI is InChI=1S/C20H29N/c1-3-5-7-9-14-19-17(12-8-6-4-2)16-18-13-10-11-15-20(18)21-19/h10-11,13,15-16H,3-9,12,14H2,1-2H3. The summed E-state index contributed by atoms with van der Waals surface area (Å²) in [6.07, 6.45) is 11.5. The molecule has 0 aliphatic rings. The van der Waals surface area contributed by atoms with E-state index in [0.29, 0.717) is 0 Å². The summed E-state index contributed by atoms with van der Waals surface area (Å²) in [5, 5.41) is 1.29. The molecule has 1 nitrogen and oxygen atoms in total. The molecule has 0 saturated carbocycles. The van der Waals surface area contributed by atoms with Crippen molar-refractivity contribution in [2.75, 3.05) is 0 Å². The van der Waals surface area contributed by atoms with Crippen LogP contribution in [0.5, 0.6) is 0 Å². The van der Waals surface area contributed by atoms with E-state index < -0.39 is 0 Å². The Labute approximate surface area is 129 Å². The molecular formula is C20H29N. The highest BCUT2D eigenvalue weighted by Gasteiger charge is 2.07. The van der Waals surface area contributed by atoms with E-state index in [1.165, 1.54) is 68.0 Å². The molecule has 0 aliphatic heterocycles. The third kappa shape index (κ3) is 4.84. The summed E-state index contributed by atoms with van der Waals surface area (Å²) >= 11 is 0. The van der Waals surface area contributed by atoms with Crippen LogP contribution in [0.3, 0.4) is 0 Å². The molecule has 114 valence electrons. The molecule has 2 aromatic rings. The van der Waals surface area contributed by atoms with Crippen molar-refractivity contribution >= 4 is 10.9 Å². The van der Waals surface area contributed by atoms with Gasteiger partial charge < -0.3 is 0 Å². The number of benzene rings is 1. The molecule has 0 spiro atoms. The lowest BCUT2D eigenvalue weighted by atomic mass is 9.99. The number of aryl methyl sites for hydroxylation is 2. The van der Waals surface area contributed by atoms with Crippen LogP contribution in [0.15, 0.2) is 30.3 Å². The lowest BCUT2D eigenvalue weighted by molar-refractivity contribution is 0.653. The zero-order valence-corrected chi connectivity index (χ0v) is 13.7.